The van der Waals surface area contributed by atoms with Crippen molar-refractivity contribution in [3.63, 3.8) is 0 Å². The molecule has 5 heteroatoms. The molecule has 2 aliphatic heterocycles. The summed E-state index contributed by atoms with van der Waals surface area (Å²) in [6.07, 6.45) is 1.89. The second-order valence-electron chi connectivity index (χ2n) is 7.77. The van der Waals surface area contributed by atoms with Crippen LogP contribution in [0.4, 0.5) is 5.69 Å². The topological polar surface area (TPSA) is 44.8 Å². The summed E-state index contributed by atoms with van der Waals surface area (Å²) in [5, 5.41) is 1.83. The number of hydrazine groups is 1. The van der Waals surface area contributed by atoms with Crippen molar-refractivity contribution in [1.82, 2.24) is 10.4 Å². The number of methoxy groups -OCH3 is 1. The first-order chi connectivity index (χ1) is 14.8. The van der Waals surface area contributed by atoms with Crippen LogP contribution in [0.3, 0.4) is 0 Å². The molecule has 3 aromatic carbocycles. The van der Waals surface area contributed by atoms with Crippen molar-refractivity contribution >= 4 is 11.6 Å². The third-order valence-electron chi connectivity index (χ3n) is 6.08. The van der Waals surface area contributed by atoms with Gasteiger partial charge < -0.3 is 9.64 Å². The molecule has 1 N–H and O–H groups in total. The minimum atomic E-state index is -0.0109. The van der Waals surface area contributed by atoms with Crippen LogP contribution in [0.5, 0.6) is 5.75 Å². The first-order valence-electron chi connectivity index (χ1n) is 10.4. The van der Waals surface area contributed by atoms with Gasteiger partial charge in [-0.25, -0.2) is 5.43 Å². The number of carbonyl (C=O) groups excluding carboxylic acids is 1. The number of ether oxygens (including phenoxy) is 1. The van der Waals surface area contributed by atoms with Gasteiger partial charge in [-0.1, -0.05) is 54.6 Å². The molecule has 2 aliphatic rings. The number of para-hydroxylation sites is 1. The molecule has 1 amide bonds. The van der Waals surface area contributed by atoms with Gasteiger partial charge in [0.05, 0.1) is 24.4 Å². The minimum absolute atomic E-state index is 0.0109. The van der Waals surface area contributed by atoms with Gasteiger partial charge in [-0.05, 0) is 48.2 Å². The predicted molar refractivity (Wildman–Crippen MR) is 117 cm³/mol. The lowest BCUT2D eigenvalue weighted by Gasteiger charge is -2.44. The maximum atomic E-state index is 13.3. The molecule has 0 spiro atoms. The first kappa shape index (κ1) is 18.7. The zero-order chi connectivity index (χ0) is 20.5. The van der Waals surface area contributed by atoms with Gasteiger partial charge in [0.25, 0.3) is 5.91 Å². The number of carbonyl (C=O) groups is 1. The maximum absolute atomic E-state index is 13.3. The number of nitrogens with one attached hydrogen (secondary N) is 1. The van der Waals surface area contributed by atoms with E-state index in [0.717, 1.165) is 35.4 Å². The summed E-state index contributed by atoms with van der Waals surface area (Å²) < 4.78 is 5.32. The van der Waals surface area contributed by atoms with Gasteiger partial charge in [0.15, 0.2) is 0 Å². The zero-order valence-electron chi connectivity index (χ0n) is 17.0. The number of amides is 1. The van der Waals surface area contributed by atoms with Gasteiger partial charge in [0, 0.05) is 6.54 Å². The molecule has 2 heterocycles. The van der Waals surface area contributed by atoms with E-state index in [1.165, 1.54) is 5.56 Å². The summed E-state index contributed by atoms with van der Waals surface area (Å²) in [5.41, 5.74) is 7.57. The zero-order valence-corrected chi connectivity index (χ0v) is 17.0. The lowest BCUT2D eigenvalue weighted by Crippen LogP contribution is -2.58. The van der Waals surface area contributed by atoms with Crippen LogP contribution in [0, 0.1) is 0 Å². The minimum Gasteiger partial charge on any atom is -0.497 e. The van der Waals surface area contributed by atoms with Crippen molar-refractivity contribution in [2.24, 2.45) is 0 Å². The smallest absolute Gasteiger partial charge is 0.272 e. The number of fused-ring (bicyclic) bond motifs is 3. The van der Waals surface area contributed by atoms with Crippen LogP contribution < -0.4 is 15.1 Å². The van der Waals surface area contributed by atoms with Crippen molar-refractivity contribution in [3.05, 3.63) is 95.6 Å². The Morgan fingerprint density at radius 2 is 1.67 bits per heavy atom. The Morgan fingerprint density at radius 1 is 0.933 bits per heavy atom. The summed E-state index contributed by atoms with van der Waals surface area (Å²) in [5.74, 6) is 0.895. The van der Waals surface area contributed by atoms with E-state index < -0.39 is 0 Å². The second-order valence-corrected chi connectivity index (χ2v) is 7.77. The number of benzene rings is 3. The number of nitrogens with zero attached hydrogens (tertiary/aromatic N) is 2. The van der Waals surface area contributed by atoms with Gasteiger partial charge in [-0.15, -0.1) is 0 Å². The highest BCUT2D eigenvalue weighted by Crippen LogP contribution is 2.45. The van der Waals surface area contributed by atoms with Crippen molar-refractivity contribution in [1.29, 1.82) is 0 Å². The van der Waals surface area contributed by atoms with Gasteiger partial charge in [0.2, 0.25) is 0 Å². The maximum Gasteiger partial charge on any atom is 0.272 e. The van der Waals surface area contributed by atoms with Crippen LogP contribution >= 0.6 is 0 Å². The highest BCUT2D eigenvalue weighted by atomic mass is 16.5. The molecular weight excluding hydrogens is 374 g/mol. The SMILES string of the molecule is COc1ccc([C@H]2CC[C@H]3N(NCc4ccccc4)C(=O)c4ccccc4N23)cc1. The van der Waals surface area contributed by atoms with E-state index in [1.54, 1.807) is 7.11 Å². The fraction of sp³-hybridized carbons (Fsp3) is 0.240. The number of anilines is 1. The standard InChI is InChI=1S/C25H25N3O2/c1-30-20-13-11-19(12-14-20)22-15-16-24-27(22)23-10-6-5-9-21(23)25(29)28(24)26-17-18-7-3-2-4-8-18/h2-14,22,24,26H,15-17H2,1H3/t22-,24-/m1/s1. The van der Waals surface area contributed by atoms with Crippen LogP contribution in [0.2, 0.25) is 0 Å². The van der Waals surface area contributed by atoms with Crippen LogP contribution in [0.25, 0.3) is 0 Å². The third kappa shape index (κ3) is 3.21. The van der Waals surface area contributed by atoms with E-state index in [0.29, 0.717) is 6.54 Å². The fourth-order valence-corrected chi connectivity index (χ4v) is 4.62. The Labute approximate surface area is 176 Å². The van der Waals surface area contributed by atoms with Crippen LogP contribution in [0.15, 0.2) is 78.9 Å². The highest BCUT2D eigenvalue weighted by molar-refractivity contribution is 6.02. The van der Waals surface area contributed by atoms with Crippen molar-refractivity contribution in [3.8, 4) is 5.75 Å². The number of hydrogen-bond acceptors (Lipinski definition) is 4. The molecule has 5 nitrogen and oxygen atoms in total. The lowest BCUT2D eigenvalue weighted by molar-refractivity contribution is 0.0516. The van der Waals surface area contributed by atoms with E-state index in [1.807, 2.05) is 53.5 Å². The van der Waals surface area contributed by atoms with E-state index in [-0.39, 0.29) is 18.1 Å². The van der Waals surface area contributed by atoms with Crippen LogP contribution in [0.1, 0.15) is 40.4 Å². The highest BCUT2D eigenvalue weighted by Gasteiger charge is 2.45. The van der Waals surface area contributed by atoms with Crippen LogP contribution in [-0.4, -0.2) is 24.2 Å². The van der Waals surface area contributed by atoms with Gasteiger partial charge in [-0.3, -0.25) is 9.80 Å². The number of rotatable bonds is 5. The molecule has 30 heavy (non-hydrogen) atoms. The average molecular weight is 399 g/mol. The molecule has 1 fully saturated rings. The summed E-state index contributed by atoms with van der Waals surface area (Å²) in [6.45, 7) is 0.617. The average Bonchev–Trinajstić information content (AvgIpc) is 3.25. The Bertz CT molecular complexity index is 1040. The quantitative estimate of drug-likeness (QED) is 0.685. The summed E-state index contributed by atoms with van der Waals surface area (Å²) in [7, 11) is 1.68. The molecule has 152 valence electrons. The van der Waals surface area contributed by atoms with E-state index in [9.17, 15) is 4.79 Å². The van der Waals surface area contributed by atoms with Crippen LogP contribution in [-0.2, 0) is 6.54 Å². The summed E-state index contributed by atoms with van der Waals surface area (Å²) >= 11 is 0. The molecule has 5 rings (SSSR count). The van der Waals surface area contributed by atoms with E-state index in [4.69, 9.17) is 4.74 Å². The molecule has 3 aromatic rings. The molecule has 0 aliphatic carbocycles. The molecular formula is C25H25N3O2. The lowest BCUT2D eigenvalue weighted by atomic mass is 10.0. The normalized spacial score (nSPS) is 20.1. The molecule has 0 saturated carbocycles. The summed E-state index contributed by atoms with van der Waals surface area (Å²) in [4.78, 5) is 15.7. The largest absolute Gasteiger partial charge is 0.497 e. The van der Waals surface area contributed by atoms with Crippen molar-refractivity contribution in [2.75, 3.05) is 12.0 Å². The van der Waals surface area contributed by atoms with Gasteiger partial charge in [-0.2, -0.15) is 0 Å². The monoisotopic (exact) mass is 399 g/mol. The molecule has 0 unspecified atom stereocenters. The fourth-order valence-electron chi connectivity index (χ4n) is 4.62. The second kappa shape index (κ2) is 7.84. The third-order valence-corrected chi connectivity index (χ3v) is 6.08. The first-order valence-corrected chi connectivity index (χ1v) is 10.4. The Balaban J connectivity index is 1.48. The molecule has 0 aromatic heterocycles. The molecule has 1 saturated heterocycles. The Kier molecular flexibility index (Phi) is 4.89. The van der Waals surface area contributed by atoms with Gasteiger partial charge >= 0.3 is 0 Å². The Morgan fingerprint density at radius 3 is 2.43 bits per heavy atom. The van der Waals surface area contributed by atoms with Crippen molar-refractivity contribution < 1.29 is 9.53 Å². The number of hydrogen-bond donors (Lipinski definition) is 1. The van der Waals surface area contributed by atoms with E-state index >= 15 is 0 Å². The molecule has 0 radical (unpaired) electrons. The predicted octanol–water partition coefficient (Wildman–Crippen LogP) is 4.52. The summed E-state index contributed by atoms with van der Waals surface area (Å²) in [6, 6.07) is 26.6. The van der Waals surface area contributed by atoms with Gasteiger partial charge in [0.1, 0.15) is 11.9 Å². The van der Waals surface area contributed by atoms with Crippen molar-refractivity contribution in [2.45, 2.75) is 31.6 Å². The van der Waals surface area contributed by atoms with E-state index in [2.05, 4.69) is 40.7 Å². The molecule has 2 atom stereocenters. The molecule has 0 bridgehead atoms. The Hall–Kier alpha value is -3.31.